The van der Waals surface area contributed by atoms with Crippen molar-refractivity contribution >= 4 is 6.03 Å². The second-order valence-corrected chi connectivity index (χ2v) is 5.72. The van der Waals surface area contributed by atoms with Gasteiger partial charge in [-0.2, -0.15) is 0 Å². The monoisotopic (exact) mass is 276 g/mol. The third-order valence-corrected chi connectivity index (χ3v) is 3.54. The Balaban J connectivity index is 2.68. The molecule has 0 aliphatic rings. The molecule has 1 aromatic rings. The predicted molar refractivity (Wildman–Crippen MR) is 84.7 cm³/mol. The first-order valence-electron chi connectivity index (χ1n) is 7.68. The third kappa shape index (κ3) is 5.64. The minimum absolute atomic E-state index is 0.0618. The largest absolute Gasteiger partial charge is 0.335 e. The quantitative estimate of drug-likeness (QED) is 0.767. The smallest absolute Gasteiger partial charge is 0.315 e. The van der Waals surface area contributed by atoms with Crippen LogP contribution in [0.25, 0.3) is 0 Å². The lowest BCUT2D eigenvalue weighted by molar-refractivity contribution is 0.230. The molecule has 0 fully saturated rings. The lowest BCUT2D eigenvalue weighted by Gasteiger charge is -2.23. The summed E-state index contributed by atoms with van der Waals surface area (Å²) in [5, 5.41) is 6.15. The molecule has 0 radical (unpaired) electrons. The molecule has 3 heteroatoms. The molecule has 112 valence electrons. The Kier molecular flexibility index (Phi) is 7.13. The summed E-state index contributed by atoms with van der Waals surface area (Å²) < 4.78 is 0. The highest BCUT2D eigenvalue weighted by atomic mass is 16.2. The number of urea groups is 1. The number of amides is 2. The molecule has 1 atom stereocenters. The van der Waals surface area contributed by atoms with Crippen LogP contribution >= 0.6 is 0 Å². The van der Waals surface area contributed by atoms with Gasteiger partial charge < -0.3 is 10.6 Å². The molecule has 1 rings (SSSR count). The summed E-state index contributed by atoms with van der Waals surface area (Å²) in [5.41, 5.74) is 1.17. The van der Waals surface area contributed by atoms with Crippen molar-refractivity contribution in [2.45, 2.75) is 59.0 Å². The molecule has 0 saturated heterocycles. The molecule has 0 spiro atoms. The fourth-order valence-electron chi connectivity index (χ4n) is 2.31. The molecule has 1 unspecified atom stereocenters. The van der Waals surface area contributed by atoms with Gasteiger partial charge >= 0.3 is 6.03 Å². The van der Waals surface area contributed by atoms with Crippen LogP contribution in [0.2, 0.25) is 0 Å². The van der Waals surface area contributed by atoms with Crippen molar-refractivity contribution in [1.29, 1.82) is 0 Å². The standard InChI is InChI=1S/C17H28N2O/c1-5-15(6-2)18-17(20)19-16(12-13(3)4)14-10-8-7-9-11-14/h7-11,13,15-16H,5-6,12H2,1-4H3,(H2,18,19,20). The van der Waals surface area contributed by atoms with Crippen molar-refractivity contribution in [3.8, 4) is 0 Å². The topological polar surface area (TPSA) is 41.1 Å². The van der Waals surface area contributed by atoms with Gasteiger partial charge in [-0.3, -0.25) is 0 Å². The average molecular weight is 276 g/mol. The van der Waals surface area contributed by atoms with Crippen molar-refractivity contribution in [1.82, 2.24) is 10.6 Å². The lowest BCUT2D eigenvalue weighted by atomic mass is 9.97. The molecular weight excluding hydrogens is 248 g/mol. The fraction of sp³-hybridized carbons (Fsp3) is 0.588. The molecule has 20 heavy (non-hydrogen) atoms. The normalized spacial score (nSPS) is 12.5. The van der Waals surface area contributed by atoms with Gasteiger partial charge in [0.1, 0.15) is 0 Å². The summed E-state index contributed by atoms with van der Waals surface area (Å²) in [6.45, 7) is 8.54. The van der Waals surface area contributed by atoms with Crippen molar-refractivity contribution in [2.24, 2.45) is 5.92 Å². The fourth-order valence-corrected chi connectivity index (χ4v) is 2.31. The van der Waals surface area contributed by atoms with Gasteiger partial charge in [-0.1, -0.05) is 58.0 Å². The first kappa shape index (κ1) is 16.5. The van der Waals surface area contributed by atoms with Crippen LogP contribution in [-0.4, -0.2) is 12.1 Å². The number of carbonyl (C=O) groups excluding carboxylic acids is 1. The zero-order valence-electron chi connectivity index (χ0n) is 13.1. The molecule has 0 aromatic heterocycles. The maximum atomic E-state index is 12.1. The van der Waals surface area contributed by atoms with E-state index >= 15 is 0 Å². The molecule has 0 heterocycles. The molecule has 1 aromatic carbocycles. The number of benzene rings is 1. The summed E-state index contributed by atoms with van der Waals surface area (Å²) in [7, 11) is 0. The van der Waals surface area contributed by atoms with Gasteiger partial charge in [-0.25, -0.2) is 4.79 Å². The van der Waals surface area contributed by atoms with Crippen LogP contribution in [0.4, 0.5) is 4.79 Å². The molecule has 3 nitrogen and oxygen atoms in total. The maximum absolute atomic E-state index is 12.1. The minimum atomic E-state index is -0.0618. The molecule has 0 bridgehead atoms. The van der Waals surface area contributed by atoms with Crippen LogP contribution in [0.15, 0.2) is 30.3 Å². The van der Waals surface area contributed by atoms with Crippen LogP contribution in [0.5, 0.6) is 0 Å². The van der Waals surface area contributed by atoms with Gasteiger partial charge in [0, 0.05) is 6.04 Å². The number of nitrogens with one attached hydrogen (secondary N) is 2. The zero-order valence-corrected chi connectivity index (χ0v) is 13.1. The second kappa shape index (κ2) is 8.62. The van der Waals surface area contributed by atoms with E-state index in [-0.39, 0.29) is 18.1 Å². The molecule has 2 amide bonds. The second-order valence-electron chi connectivity index (χ2n) is 5.72. The van der Waals surface area contributed by atoms with Crippen molar-refractivity contribution in [2.75, 3.05) is 0 Å². The van der Waals surface area contributed by atoms with Gasteiger partial charge in [-0.15, -0.1) is 0 Å². The van der Waals surface area contributed by atoms with Crippen molar-refractivity contribution < 1.29 is 4.79 Å². The Labute approximate surface area is 123 Å². The van der Waals surface area contributed by atoms with Crippen molar-refractivity contribution in [3.05, 3.63) is 35.9 Å². The molecule has 0 aliphatic heterocycles. The van der Waals surface area contributed by atoms with Gasteiger partial charge in [0.15, 0.2) is 0 Å². The zero-order chi connectivity index (χ0) is 15.0. The Bertz CT molecular complexity index is 385. The minimum Gasteiger partial charge on any atom is -0.335 e. The van der Waals surface area contributed by atoms with Crippen LogP contribution in [0.3, 0.4) is 0 Å². The van der Waals surface area contributed by atoms with Crippen molar-refractivity contribution in [3.63, 3.8) is 0 Å². The number of rotatable bonds is 7. The van der Waals surface area contributed by atoms with E-state index in [4.69, 9.17) is 0 Å². The highest BCUT2D eigenvalue weighted by Crippen LogP contribution is 2.20. The number of carbonyl (C=O) groups is 1. The summed E-state index contributed by atoms with van der Waals surface area (Å²) in [5.74, 6) is 0.536. The molecule has 0 aliphatic carbocycles. The first-order valence-corrected chi connectivity index (χ1v) is 7.68. The van der Waals surface area contributed by atoms with Crippen LogP contribution < -0.4 is 10.6 Å². The SMILES string of the molecule is CCC(CC)NC(=O)NC(CC(C)C)c1ccccc1. The van der Waals surface area contributed by atoms with E-state index in [1.807, 2.05) is 18.2 Å². The van der Waals surface area contributed by atoms with Crippen LogP contribution in [0, 0.1) is 5.92 Å². The summed E-state index contributed by atoms with van der Waals surface area (Å²) in [4.78, 5) is 12.1. The third-order valence-electron chi connectivity index (χ3n) is 3.54. The Hall–Kier alpha value is -1.51. The van der Waals surface area contributed by atoms with Gasteiger partial charge in [0.05, 0.1) is 6.04 Å². The van der Waals surface area contributed by atoms with E-state index in [0.29, 0.717) is 5.92 Å². The van der Waals surface area contributed by atoms with E-state index in [1.54, 1.807) is 0 Å². The summed E-state index contributed by atoms with van der Waals surface area (Å²) >= 11 is 0. The Morgan fingerprint density at radius 1 is 1.05 bits per heavy atom. The first-order chi connectivity index (χ1) is 9.56. The van der Waals surface area contributed by atoms with E-state index in [2.05, 4.69) is 50.5 Å². The lowest BCUT2D eigenvalue weighted by Crippen LogP contribution is -2.43. The van der Waals surface area contributed by atoms with Gasteiger partial charge in [0.2, 0.25) is 0 Å². The van der Waals surface area contributed by atoms with Gasteiger partial charge in [0.25, 0.3) is 0 Å². The van der Waals surface area contributed by atoms with E-state index < -0.39 is 0 Å². The van der Waals surface area contributed by atoms with E-state index in [9.17, 15) is 4.79 Å². The average Bonchev–Trinajstić information content (AvgIpc) is 2.44. The molecule has 0 saturated carbocycles. The highest BCUT2D eigenvalue weighted by molar-refractivity contribution is 5.74. The number of hydrogen-bond acceptors (Lipinski definition) is 1. The summed E-state index contributed by atoms with van der Waals surface area (Å²) in [6, 6.07) is 10.4. The molecular formula is C17H28N2O. The summed E-state index contributed by atoms with van der Waals surface area (Å²) in [6.07, 6.45) is 2.87. The molecule has 2 N–H and O–H groups in total. The Morgan fingerprint density at radius 3 is 2.15 bits per heavy atom. The Morgan fingerprint density at radius 2 is 1.65 bits per heavy atom. The number of hydrogen-bond donors (Lipinski definition) is 2. The van der Waals surface area contributed by atoms with Crippen LogP contribution in [0.1, 0.15) is 58.6 Å². The predicted octanol–water partition coefficient (Wildman–Crippen LogP) is 4.26. The van der Waals surface area contributed by atoms with E-state index in [0.717, 1.165) is 19.3 Å². The highest BCUT2D eigenvalue weighted by Gasteiger charge is 2.17. The van der Waals surface area contributed by atoms with Crippen LogP contribution in [-0.2, 0) is 0 Å². The van der Waals surface area contributed by atoms with Gasteiger partial charge in [-0.05, 0) is 30.7 Å². The van der Waals surface area contributed by atoms with E-state index in [1.165, 1.54) is 5.56 Å². The maximum Gasteiger partial charge on any atom is 0.315 e.